The Hall–Kier alpha value is -2.16. The summed E-state index contributed by atoms with van der Waals surface area (Å²) in [5.74, 6) is -0.0306. The Balaban J connectivity index is 2.34. The first-order valence-corrected chi connectivity index (χ1v) is 4.95. The molecule has 9 heteroatoms. The van der Waals surface area contributed by atoms with E-state index in [2.05, 4.69) is 30.5 Å². The molecular formula is C7H7N7OS. The van der Waals surface area contributed by atoms with Crippen molar-refractivity contribution in [1.29, 1.82) is 0 Å². The lowest BCUT2D eigenvalue weighted by Gasteiger charge is -2.02. The molecule has 0 unspecified atom stereocenters. The molecule has 0 saturated carbocycles. The highest BCUT2D eigenvalue weighted by atomic mass is 32.2. The second-order valence-electron chi connectivity index (χ2n) is 2.63. The van der Waals surface area contributed by atoms with E-state index in [9.17, 15) is 0 Å². The maximum Gasteiger partial charge on any atom is 0.189 e. The van der Waals surface area contributed by atoms with Gasteiger partial charge in [0.25, 0.3) is 0 Å². The molecule has 0 aliphatic carbocycles. The molecule has 16 heavy (non-hydrogen) atoms. The number of hydrogen-bond acceptors (Lipinski definition) is 7. The van der Waals surface area contributed by atoms with Crippen molar-refractivity contribution in [2.75, 3.05) is 0 Å². The van der Waals surface area contributed by atoms with Crippen molar-refractivity contribution in [2.24, 2.45) is 10.9 Å². The Morgan fingerprint density at radius 2 is 2.44 bits per heavy atom. The third-order valence-electron chi connectivity index (χ3n) is 1.66. The van der Waals surface area contributed by atoms with E-state index < -0.39 is 0 Å². The number of hydrogen-bond donors (Lipinski definition) is 3. The van der Waals surface area contributed by atoms with Gasteiger partial charge in [-0.25, -0.2) is 4.98 Å². The van der Waals surface area contributed by atoms with E-state index in [0.717, 1.165) is 0 Å². The molecule has 2 aromatic rings. The lowest BCUT2D eigenvalue weighted by molar-refractivity contribution is 0.318. The summed E-state index contributed by atoms with van der Waals surface area (Å²) in [5.41, 5.74) is 5.98. The van der Waals surface area contributed by atoms with Crippen LogP contribution < -0.4 is 5.73 Å². The molecule has 0 radical (unpaired) electrons. The monoisotopic (exact) mass is 237 g/mol. The molecule has 0 fully saturated rings. The lowest BCUT2D eigenvalue weighted by Crippen LogP contribution is -2.15. The minimum absolute atomic E-state index is 0.0306. The number of nitrogens with two attached hydrogens (primary N) is 1. The molecule has 0 aromatic carbocycles. The summed E-state index contributed by atoms with van der Waals surface area (Å²) >= 11 is 1.19. The fourth-order valence-electron chi connectivity index (χ4n) is 0.978. The van der Waals surface area contributed by atoms with Crippen LogP contribution in [0.2, 0.25) is 0 Å². The van der Waals surface area contributed by atoms with Crippen LogP contribution in [0, 0.1) is 0 Å². The maximum atomic E-state index is 8.61. The van der Waals surface area contributed by atoms with Crippen LogP contribution >= 0.6 is 11.8 Å². The highest BCUT2D eigenvalue weighted by molar-refractivity contribution is 7.99. The van der Waals surface area contributed by atoms with Crippen molar-refractivity contribution in [3.8, 4) is 0 Å². The van der Waals surface area contributed by atoms with Gasteiger partial charge in [0.15, 0.2) is 11.0 Å². The minimum atomic E-state index is -0.0306. The Morgan fingerprint density at radius 3 is 3.12 bits per heavy atom. The molecule has 0 bridgehead atoms. The van der Waals surface area contributed by atoms with Crippen LogP contribution in [0.3, 0.4) is 0 Å². The van der Waals surface area contributed by atoms with E-state index in [1.54, 1.807) is 6.07 Å². The Labute approximate surface area is 94.0 Å². The fourth-order valence-corrected chi connectivity index (χ4v) is 1.73. The Kier molecular flexibility index (Phi) is 2.96. The van der Waals surface area contributed by atoms with Gasteiger partial charge in [-0.3, -0.25) is 5.10 Å². The zero-order valence-corrected chi connectivity index (χ0v) is 8.72. The van der Waals surface area contributed by atoms with Gasteiger partial charge in [0.1, 0.15) is 11.4 Å². The second-order valence-corrected chi connectivity index (χ2v) is 3.61. The summed E-state index contributed by atoms with van der Waals surface area (Å²) in [6.07, 6.45) is 2.83. The van der Waals surface area contributed by atoms with Crippen LogP contribution in [0.25, 0.3) is 0 Å². The van der Waals surface area contributed by atoms with Crippen molar-refractivity contribution in [2.45, 2.75) is 10.2 Å². The highest BCUT2D eigenvalue weighted by Crippen LogP contribution is 2.24. The largest absolute Gasteiger partial charge is 0.409 e. The van der Waals surface area contributed by atoms with Gasteiger partial charge in [0.2, 0.25) is 0 Å². The molecule has 0 atom stereocenters. The van der Waals surface area contributed by atoms with Crippen LogP contribution in [-0.2, 0) is 0 Å². The molecule has 2 heterocycles. The fraction of sp³-hybridized carbons (Fsp3) is 0. The molecule has 0 aliphatic heterocycles. The standard InChI is InChI=1S/C7H7N7OS/c8-5(14-15)4-1-2-10-12-6(4)16-7-9-3-11-13-7/h1-3,15H,(H2,8,14)(H,9,11,13). The summed E-state index contributed by atoms with van der Waals surface area (Å²) < 4.78 is 0. The molecule has 2 rings (SSSR count). The zero-order chi connectivity index (χ0) is 11.4. The molecule has 0 amide bonds. The third-order valence-corrected chi connectivity index (χ3v) is 2.54. The van der Waals surface area contributed by atoms with E-state index in [1.165, 1.54) is 24.3 Å². The topological polar surface area (TPSA) is 126 Å². The summed E-state index contributed by atoms with van der Waals surface area (Å²) in [5, 5.41) is 26.5. The number of nitrogens with zero attached hydrogens (tertiary/aromatic N) is 5. The van der Waals surface area contributed by atoms with Gasteiger partial charge in [0, 0.05) is 0 Å². The molecular weight excluding hydrogens is 230 g/mol. The average Bonchev–Trinajstić information content (AvgIpc) is 2.82. The van der Waals surface area contributed by atoms with Crippen molar-refractivity contribution in [1.82, 2.24) is 25.4 Å². The predicted molar refractivity (Wildman–Crippen MR) is 55.0 cm³/mol. The van der Waals surface area contributed by atoms with E-state index in [-0.39, 0.29) is 5.84 Å². The Bertz CT molecular complexity index is 497. The summed E-state index contributed by atoms with van der Waals surface area (Å²) in [4.78, 5) is 3.92. The van der Waals surface area contributed by atoms with Gasteiger partial charge in [-0.1, -0.05) is 5.16 Å². The van der Waals surface area contributed by atoms with E-state index in [0.29, 0.717) is 15.7 Å². The SMILES string of the molecule is N/C(=N/O)c1ccnnc1Sc1ncn[nH]1. The quantitative estimate of drug-likeness (QED) is 0.293. The molecule has 2 aromatic heterocycles. The molecule has 0 aliphatic rings. The van der Waals surface area contributed by atoms with Crippen LogP contribution in [0.1, 0.15) is 5.56 Å². The van der Waals surface area contributed by atoms with E-state index in [1.807, 2.05) is 0 Å². The van der Waals surface area contributed by atoms with Gasteiger partial charge in [-0.05, 0) is 17.8 Å². The number of nitrogens with one attached hydrogen (secondary N) is 1. The summed E-state index contributed by atoms with van der Waals surface area (Å²) in [6, 6.07) is 1.60. The van der Waals surface area contributed by atoms with Crippen LogP contribution in [0.15, 0.2) is 33.9 Å². The van der Waals surface area contributed by atoms with Gasteiger partial charge in [0.05, 0.1) is 11.8 Å². The van der Waals surface area contributed by atoms with Gasteiger partial charge in [-0.15, -0.1) is 5.10 Å². The van der Waals surface area contributed by atoms with E-state index in [4.69, 9.17) is 10.9 Å². The van der Waals surface area contributed by atoms with E-state index >= 15 is 0 Å². The molecule has 8 nitrogen and oxygen atoms in total. The smallest absolute Gasteiger partial charge is 0.189 e. The minimum Gasteiger partial charge on any atom is -0.409 e. The predicted octanol–water partition coefficient (Wildman–Crippen LogP) is -0.160. The Morgan fingerprint density at radius 1 is 1.56 bits per heavy atom. The number of H-pyrrole nitrogens is 1. The van der Waals surface area contributed by atoms with Crippen molar-refractivity contribution >= 4 is 17.6 Å². The van der Waals surface area contributed by atoms with Crippen molar-refractivity contribution in [3.63, 3.8) is 0 Å². The van der Waals surface area contributed by atoms with Crippen LogP contribution in [0.4, 0.5) is 0 Å². The van der Waals surface area contributed by atoms with Crippen molar-refractivity contribution < 1.29 is 5.21 Å². The molecule has 0 saturated heterocycles. The molecule has 82 valence electrons. The lowest BCUT2D eigenvalue weighted by atomic mass is 10.3. The average molecular weight is 237 g/mol. The molecule has 4 N–H and O–H groups in total. The van der Waals surface area contributed by atoms with Gasteiger partial charge >= 0.3 is 0 Å². The van der Waals surface area contributed by atoms with Gasteiger partial charge < -0.3 is 10.9 Å². The highest BCUT2D eigenvalue weighted by Gasteiger charge is 2.11. The number of rotatable bonds is 3. The number of aromatic amines is 1. The van der Waals surface area contributed by atoms with Crippen LogP contribution in [-0.4, -0.2) is 36.4 Å². The first-order chi connectivity index (χ1) is 7.81. The second kappa shape index (κ2) is 4.57. The van der Waals surface area contributed by atoms with Gasteiger partial charge in [-0.2, -0.15) is 10.2 Å². The third kappa shape index (κ3) is 2.08. The van der Waals surface area contributed by atoms with Crippen LogP contribution in [0.5, 0.6) is 0 Å². The summed E-state index contributed by atoms with van der Waals surface area (Å²) in [7, 11) is 0. The zero-order valence-electron chi connectivity index (χ0n) is 7.90. The molecule has 0 spiro atoms. The van der Waals surface area contributed by atoms with Crippen molar-refractivity contribution in [3.05, 3.63) is 24.2 Å². The maximum absolute atomic E-state index is 8.61. The number of oxime groups is 1. The number of aromatic nitrogens is 5. The number of amidine groups is 1. The first-order valence-electron chi connectivity index (χ1n) is 4.14. The first kappa shape index (κ1) is 10.4. The summed E-state index contributed by atoms with van der Waals surface area (Å²) in [6.45, 7) is 0. The normalized spacial score (nSPS) is 11.6.